The molecular weight excluding hydrogens is 373 g/mol. The molecule has 3 aromatic rings. The number of rotatable bonds is 6. The third-order valence-electron chi connectivity index (χ3n) is 3.63. The Balaban J connectivity index is 1.75. The molecule has 0 bridgehead atoms. The Morgan fingerprint density at radius 2 is 1.93 bits per heavy atom. The lowest BCUT2D eigenvalue weighted by Crippen LogP contribution is -2.23. The van der Waals surface area contributed by atoms with E-state index in [1.165, 1.54) is 59.8 Å². The molecule has 0 fully saturated rings. The topological polar surface area (TPSA) is 106 Å². The van der Waals surface area contributed by atoms with E-state index in [1.807, 2.05) is 0 Å². The van der Waals surface area contributed by atoms with Gasteiger partial charge in [-0.3, -0.25) is 4.79 Å². The summed E-state index contributed by atoms with van der Waals surface area (Å²) in [4.78, 5) is 16.1. The van der Waals surface area contributed by atoms with E-state index in [0.29, 0.717) is 0 Å². The predicted octanol–water partition coefficient (Wildman–Crippen LogP) is 1.96. The molecular formula is C17H16FN5O3S. The first-order valence-electron chi connectivity index (χ1n) is 7.96. The van der Waals surface area contributed by atoms with Crippen molar-refractivity contribution in [3.8, 4) is 5.69 Å². The van der Waals surface area contributed by atoms with Crippen LogP contribution in [0.1, 0.15) is 17.3 Å². The minimum atomic E-state index is -3.59. The van der Waals surface area contributed by atoms with Crippen LogP contribution in [0.3, 0.4) is 0 Å². The number of amides is 1. The van der Waals surface area contributed by atoms with Crippen LogP contribution >= 0.6 is 0 Å². The van der Waals surface area contributed by atoms with E-state index in [2.05, 4.69) is 20.1 Å². The Morgan fingerprint density at radius 3 is 2.52 bits per heavy atom. The first-order chi connectivity index (χ1) is 12.9. The van der Waals surface area contributed by atoms with Gasteiger partial charge in [-0.2, -0.15) is 5.10 Å². The van der Waals surface area contributed by atoms with Crippen LogP contribution in [-0.2, 0) is 10.0 Å². The van der Waals surface area contributed by atoms with Crippen molar-refractivity contribution in [1.82, 2.24) is 19.5 Å². The van der Waals surface area contributed by atoms with E-state index in [4.69, 9.17) is 0 Å². The summed E-state index contributed by atoms with van der Waals surface area (Å²) in [6.45, 7) is 1.94. The summed E-state index contributed by atoms with van der Waals surface area (Å²) < 4.78 is 41.7. The van der Waals surface area contributed by atoms with Gasteiger partial charge in [0.1, 0.15) is 18.3 Å². The Morgan fingerprint density at radius 1 is 1.19 bits per heavy atom. The zero-order valence-corrected chi connectivity index (χ0v) is 15.1. The maximum Gasteiger partial charge on any atom is 0.255 e. The molecule has 0 aliphatic rings. The van der Waals surface area contributed by atoms with Gasteiger partial charge in [-0.1, -0.05) is 6.92 Å². The average molecular weight is 389 g/mol. The number of hydrogen-bond acceptors (Lipinski definition) is 5. The molecule has 0 radical (unpaired) electrons. The smallest absolute Gasteiger partial charge is 0.255 e. The minimum Gasteiger partial charge on any atom is -0.322 e. The van der Waals surface area contributed by atoms with E-state index in [1.54, 1.807) is 6.92 Å². The van der Waals surface area contributed by atoms with Gasteiger partial charge < -0.3 is 5.32 Å². The van der Waals surface area contributed by atoms with Gasteiger partial charge in [0.05, 0.1) is 4.90 Å². The zero-order valence-electron chi connectivity index (χ0n) is 14.3. The van der Waals surface area contributed by atoms with Crippen molar-refractivity contribution in [3.05, 3.63) is 66.5 Å². The van der Waals surface area contributed by atoms with Crippen molar-refractivity contribution >= 4 is 21.6 Å². The van der Waals surface area contributed by atoms with Gasteiger partial charge in [0.25, 0.3) is 5.91 Å². The van der Waals surface area contributed by atoms with Crippen LogP contribution in [0.4, 0.5) is 10.1 Å². The average Bonchev–Trinajstić information content (AvgIpc) is 3.16. The van der Waals surface area contributed by atoms with Gasteiger partial charge in [-0.05, 0) is 42.5 Å². The van der Waals surface area contributed by atoms with Gasteiger partial charge >= 0.3 is 0 Å². The standard InChI is InChI=1S/C17H16FN5O3S/c1-2-21-27(25,26)14-6-3-12(4-7-14)17(24)22-13-5-8-16(15(18)9-13)23-11-19-10-20-23/h3-11,21H,2H2,1H3,(H,22,24). The molecule has 1 amide bonds. The molecule has 10 heteroatoms. The highest BCUT2D eigenvalue weighted by molar-refractivity contribution is 7.89. The summed E-state index contributed by atoms with van der Waals surface area (Å²) in [5.41, 5.74) is 0.695. The van der Waals surface area contributed by atoms with Crippen LogP contribution in [0, 0.1) is 5.82 Å². The minimum absolute atomic E-state index is 0.0594. The Kier molecular flexibility index (Phi) is 5.28. The van der Waals surface area contributed by atoms with Crippen LogP contribution < -0.4 is 10.0 Å². The zero-order chi connectivity index (χ0) is 19.4. The molecule has 0 spiro atoms. The first kappa shape index (κ1) is 18.7. The highest BCUT2D eigenvalue weighted by Gasteiger charge is 2.14. The highest BCUT2D eigenvalue weighted by atomic mass is 32.2. The predicted molar refractivity (Wildman–Crippen MR) is 96.6 cm³/mol. The second-order valence-electron chi connectivity index (χ2n) is 5.49. The summed E-state index contributed by atoms with van der Waals surface area (Å²) in [5.74, 6) is -1.07. The highest BCUT2D eigenvalue weighted by Crippen LogP contribution is 2.18. The third-order valence-corrected chi connectivity index (χ3v) is 5.19. The number of nitrogens with one attached hydrogen (secondary N) is 2. The van der Waals surface area contributed by atoms with Crippen LogP contribution in [0.2, 0.25) is 0 Å². The molecule has 8 nitrogen and oxygen atoms in total. The van der Waals surface area contributed by atoms with Gasteiger partial charge in [0.15, 0.2) is 5.82 Å². The SMILES string of the molecule is CCNS(=O)(=O)c1ccc(C(=O)Nc2ccc(-n3cncn3)c(F)c2)cc1. The van der Waals surface area contributed by atoms with Gasteiger partial charge in [-0.15, -0.1) is 0 Å². The number of anilines is 1. The Hall–Kier alpha value is -3.11. The lowest BCUT2D eigenvalue weighted by molar-refractivity contribution is 0.102. The van der Waals surface area contributed by atoms with E-state index in [9.17, 15) is 17.6 Å². The number of hydrogen-bond donors (Lipinski definition) is 2. The fraction of sp³-hybridized carbons (Fsp3) is 0.118. The number of halogens is 1. The quantitative estimate of drug-likeness (QED) is 0.670. The van der Waals surface area contributed by atoms with Crippen LogP contribution in [0.25, 0.3) is 5.69 Å². The fourth-order valence-corrected chi connectivity index (χ4v) is 3.41. The number of aromatic nitrogens is 3. The van der Waals surface area contributed by atoms with Crippen LogP contribution in [0.15, 0.2) is 60.0 Å². The number of carbonyl (C=O) groups excluding carboxylic acids is 1. The van der Waals surface area contributed by atoms with E-state index in [0.717, 1.165) is 0 Å². The van der Waals surface area contributed by atoms with Crippen LogP contribution in [0.5, 0.6) is 0 Å². The summed E-state index contributed by atoms with van der Waals surface area (Å²) >= 11 is 0. The molecule has 0 saturated heterocycles. The first-order valence-corrected chi connectivity index (χ1v) is 9.44. The van der Waals surface area contributed by atoms with Crippen LogP contribution in [-0.4, -0.2) is 35.6 Å². The molecule has 2 aromatic carbocycles. The molecule has 1 heterocycles. The summed E-state index contributed by atoms with van der Waals surface area (Å²) in [6.07, 6.45) is 2.65. The molecule has 1 aromatic heterocycles. The third kappa shape index (κ3) is 4.18. The van der Waals surface area contributed by atoms with Gasteiger partial charge in [0, 0.05) is 17.8 Å². The van der Waals surface area contributed by atoms with Crippen molar-refractivity contribution in [3.63, 3.8) is 0 Å². The number of nitrogens with zero attached hydrogens (tertiary/aromatic N) is 3. The molecule has 140 valence electrons. The van der Waals surface area contributed by atoms with Gasteiger partial charge in [-0.25, -0.2) is 27.2 Å². The number of benzene rings is 2. The maximum absolute atomic E-state index is 14.2. The molecule has 27 heavy (non-hydrogen) atoms. The summed E-state index contributed by atoms with van der Waals surface area (Å²) in [5, 5.41) is 6.42. The second-order valence-corrected chi connectivity index (χ2v) is 7.25. The van der Waals surface area contributed by atoms with E-state index >= 15 is 0 Å². The van der Waals surface area contributed by atoms with Gasteiger partial charge in [0.2, 0.25) is 10.0 Å². The number of sulfonamides is 1. The molecule has 0 aliphatic carbocycles. The molecule has 0 unspecified atom stereocenters. The lowest BCUT2D eigenvalue weighted by atomic mass is 10.2. The maximum atomic E-state index is 14.2. The Labute approximate surface area is 155 Å². The molecule has 3 rings (SSSR count). The van der Waals surface area contributed by atoms with Crippen molar-refractivity contribution in [2.75, 3.05) is 11.9 Å². The molecule has 2 N–H and O–H groups in total. The molecule has 0 aliphatic heterocycles. The second kappa shape index (κ2) is 7.64. The van der Waals surface area contributed by atoms with Crippen molar-refractivity contribution < 1.29 is 17.6 Å². The largest absolute Gasteiger partial charge is 0.322 e. The van der Waals surface area contributed by atoms with Crippen molar-refractivity contribution in [2.45, 2.75) is 11.8 Å². The summed E-state index contributed by atoms with van der Waals surface area (Å²) in [7, 11) is -3.59. The summed E-state index contributed by atoms with van der Waals surface area (Å²) in [6, 6.07) is 9.61. The van der Waals surface area contributed by atoms with E-state index < -0.39 is 21.7 Å². The number of carbonyl (C=O) groups is 1. The van der Waals surface area contributed by atoms with Crippen molar-refractivity contribution in [2.24, 2.45) is 0 Å². The fourth-order valence-electron chi connectivity index (χ4n) is 2.37. The van der Waals surface area contributed by atoms with E-state index in [-0.39, 0.29) is 28.4 Å². The normalized spacial score (nSPS) is 11.3. The monoisotopic (exact) mass is 389 g/mol. The molecule has 0 atom stereocenters. The lowest BCUT2D eigenvalue weighted by Gasteiger charge is -2.09. The Bertz CT molecular complexity index is 1050. The van der Waals surface area contributed by atoms with Crippen molar-refractivity contribution in [1.29, 1.82) is 0 Å². The molecule has 0 saturated carbocycles.